The van der Waals surface area contributed by atoms with E-state index in [-0.39, 0.29) is 0 Å². The van der Waals surface area contributed by atoms with E-state index in [2.05, 4.69) is 191 Å². The largest absolute Gasteiger partial charge is 0.333 e. The van der Waals surface area contributed by atoms with Crippen LogP contribution in [-0.2, 0) is 14.1 Å². The third-order valence-corrected chi connectivity index (χ3v) is 15.4. The van der Waals surface area contributed by atoms with Crippen LogP contribution in [0.15, 0.2) is 181 Å². The van der Waals surface area contributed by atoms with Crippen molar-refractivity contribution < 1.29 is 0 Å². The van der Waals surface area contributed by atoms with E-state index in [9.17, 15) is 0 Å². The minimum absolute atomic E-state index is 0.967. The number of aromatic nitrogens is 6. The monoisotopic (exact) mass is 880 g/mol. The minimum atomic E-state index is 0.967. The summed E-state index contributed by atoms with van der Waals surface area (Å²) in [6.45, 7) is 0. The van der Waals surface area contributed by atoms with Gasteiger partial charge in [0.25, 0.3) is 0 Å². The van der Waals surface area contributed by atoms with Crippen molar-refractivity contribution in [3.63, 3.8) is 0 Å². The van der Waals surface area contributed by atoms with E-state index in [1.807, 2.05) is 23.7 Å². The molecule has 0 bridgehead atoms. The molecule has 0 N–H and O–H groups in total. The highest BCUT2D eigenvalue weighted by Gasteiger charge is 2.20. The maximum Gasteiger partial charge on any atom is 0.0970 e. The summed E-state index contributed by atoms with van der Waals surface area (Å²) in [6, 6.07) is 58.0. The normalized spacial score (nSPS) is 12.1. The Morgan fingerprint density at radius 2 is 0.879 bits per heavy atom. The lowest BCUT2D eigenvalue weighted by Gasteiger charge is -2.14. The Morgan fingerprint density at radius 3 is 1.65 bits per heavy atom. The van der Waals surface area contributed by atoms with Crippen molar-refractivity contribution in [2.24, 2.45) is 14.1 Å². The summed E-state index contributed by atoms with van der Waals surface area (Å²) < 4.78 is 6.66. The molecule has 0 radical (unpaired) electrons. The first kappa shape index (κ1) is 37.3. The van der Waals surface area contributed by atoms with Crippen LogP contribution >= 0.6 is 22.7 Å². The summed E-state index contributed by atoms with van der Waals surface area (Å²) >= 11 is 3.39. The second kappa shape index (κ2) is 14.2. The van der Waals surface area contributed by atoms with Crippen LogP contribution in [0.2, 0.25) is 0 Å². The second-order valence-corrected chi connectivity index (χ2v) is 19.0. The summed E-state index contributed by atoms with van der Waals surface area (Å²) in [5.41, 5.74) is 21.8. The van der Waals surface area contributed by atoms with Gasteiger partial charge in [-0.3, -0.25) is 0 Å². The number of benzene rings is 10. The molecule has 0 saturated carbocycles. The molecule has 4 aromatic heterocycles. The topological polar surface area (TPSA) is 61.4 Å². The van der Waals surface area contributed by atoms with Crippen molar-refractivity contribution in [1.82, 2.24) is 29.1 Å². The van der Waals surface area contributed by atoms with Gasteiger partial charge in [0.1, 0.15) is 0 Å². The predicted octanol–water partition coefficient (Wildman–Crippen LogP) is 15.6. The first-order valence-corrected chi connectivity index (χ1v) is 23.8. The quantitative estimate of drug-likeness (QED) is 0.162. The number of fused-ring (bicyclic) bond motifs is 10. The van der Waals surface area contributed by atoms with Crippen LogP contribution in [-0.4, -0.2) is 29.1 Å². The summed E-state index contributed by atoms with van der Waals surface area (Å²) in [6.07, 6.45) is 3.83. The zero-order valence-corrected chi connectivity index (χ0v) is 37.5. The molecule has 10 aromatic carbocycles. The summed E-state index contributed by atoms with van der Waals surface area (Å²) in [5.74, 6) is 0. The number of imidazole rings is 2. The maximum atomic E-state index is 5.04. The van der Waals surface area contributed by atoms with Gasteiger partial charge in [-0.2, -0.15) is 0 Å². The molecule has 0 unspecified atom stereocenters. The summed E-state index contributed by atoms with van der Waals surface area (Å²) in [7, 11) is 4.16. The van der Waals surface area contributed by atoms with Gasteiger partial charge >= 0.3 is 0 Å². The van der Waals surface area contributed by atoms with Crippen LogP contribution in [0.4, 0.5) is 0 Å². The number of para-hydroxylation sites is 1. The Hall–Kier alpha value is -8.04. The van der Waals surface area contributed by atoms with Gasteiger partial charge in [-0.25, -0.2) is 19.9 Å². The number of thiazole rings is 2. The standard InChI is InChI=1S/C58H36N6S2/c1-63-29-59-51-10-5-9-50(55(51)63)46-8-3-7-45-41-20-14-36(26-35(41)17-21-47(45)46)42-22-24-48(53-56(42)64(2)30-60-53)49-25-23-44(58-54(49)62-32-66-58)38-16-19-40-34(28-38)13-12-33-27-37(15-18-39(33)40)43-6-4-11-52-57(43)65-31-61-52/h3-32H,1-2H3. The molecule has 0 spiro atoms. The summed E-state index contributed by atoms with van der Waals surface area (Å²) in [4.78, 5) is 19.2. The van der Waals surface area contributed by atoms with Gasteiger partial charge in [0.15, 0.2) is 0 Å². The smallest absolute Gasteiger partial charge is 0.0970 e. The van der Waals surface area contributed by atoms with Gasteiger partial charge < -0.3 is 9.13 Å². The fourth-order valence-corrected chi connectivity index (χ4v) is 12.2. The van der Waals surface area contributed by atoms with E-state index in [0.717, 1.165) is 55.4 Å². The number of hydrogen-bond acceptors (Lipinski definition) is 6. The molecule has 310 valence electrons. The van der Waals surface area contributed by atoms with Crippen LogP contribution in [0.25, 0.3) is 141 Å². The molecule has 0 aliphatic carbocycles. The number of aryl methyl sites for hydroxylation is 2. The third-order valence-electron chi connectivity index (χ3n) is 13.7. The fraction of sp³-hybridized carbons (Fsp3) is 0.0345. The molecule has 0 fully saturated rings. The average molecular weight is 881 g/mol. The third kappa shape index (κ3) is 5.52. The fourth-order valence-electron chi connectivity index (χ4n) is 10.6. The van der Waals surface area contributed by atoms with Gasteiger partial charge in [0.2, 0.25) is 0 Å². The van der Waals surface area contributed by atoms with Gasteiger partial charge in [-0.1, -0.05) is 127 Å². The molecule has 14 rings (SSSR count). The van der Waals surface area contributed by atoms with E-state index < -0.39 is 0 Å². The molecular formula is C58H36N6S2. The van der Waals surface area contributed by atoms with Gasteiger partial charge in [-0.15, -0.1) is 22.7 Å². The molecule has 0 atom stereocenters. The highest BCUT2D eigenvalue weighted by atomic mass is 32.1. The Bertz CT molecular complexity index is 4340. The number of rotatable bonds is 5. The predicted molar refractivity (Wildman–Crippen MR) is 279 cm³/mol. The number of hydrogen-bond donors (Lipinski definition) is 0. The van der Waals surface area contributed by atoms with Crippen LogP contribution in [0.1, 0.15) is 0 Å². The van der Waals surface area contributed by atoms with Gasteiger partial charge in [0, 0.05) is 47.5 Å². The van der Waals surface area contributed by atoms with E-state index in [4.69, 9.17) is 9.97 Å². The molecule has 0 saturated heterocycles. The van der Waals surface area contributed by atoms with Gasteiger partial charge in [0.05, 0.1) is 66.2 Å². The lowest BCUT2D eigenvalue weighted by Crippen LogP contribution is -1.92. The molecule has 6 nitrogen and oxygen atoms in total. The molecule has 66 heavy (non-hydrogen) atoms. The van der Waals surface area contributed by atoms with Crippen molar-refractivity contribution in [1.29, 1.82) is 0 Å². The first-order valence-electron chi connectivity index (χ1n) is 22.0. The van der Waals surface area contributed by atoms with Crippen molar-refractivity contribution in [3.8, 4) is 55.6 Å². The number of nitrogens with zero attached hydrogens (tertiary/aromatic N) is 6. The average Bonchev–Trinajstić information content (AvgIpc) is 4.20. The Kier molecular flexibility index (Phi) is 8.05. The van der Waals surface area contributed by atoms with E-state index >= 15 is 0 Å². The zero-order valence-electron chi connectivity index (χ0n) is 35.8. The van der Waals surface area contributed by atoms with Crippen LogP contribution in [0.3, 0.4) is 0 Å². The molecule has 0 aliphatic heterocycles. The van der Waals surface area contributed by atoms with Crippen molar-refractivity contribution in [2.75, 3.05) is 0 Å². The molecule has 4 heterocycles. The van der Waals surface area contributed by atoms with E-state index in [1.165, 1.54) is 85.9 Å². The first-order chi connectivity index (χ1) is 32.5. The summed E-state index contributed by atoms with van der Waals surface area (Å²) in [5, 5.41) is 9.85. The highest BCUT2D eigenvalue weighted by molar-refractivity contribution is 7.17. The van der Waals surface area contributed by atoms with Crippen molar-refractivity contribution in [3.05, 3.63) is 181 Å². The second-order valence-electron chi connectivity index (χ2n) is 17.3. The molecule has 8 heteroatoms. The van der Waals surface area contributed by atoms with E-state index in [1.54, 1.807) is 22.7 Å². The van der Waals surface area contributed by atoms with Crippen molar-refractivity contribution in [2.45, 2.75) is 0 Å². The molecule has 0 amide bonds. The van der Waals surface area contributed by atoms with Gasteiger partial charge in [-0.05, 0) is 95.7 Å². The van der Waals surface area contributed by atoms with Crippen molar-refractivity contribution >= 4 is 108 Å². The molecule has 14 aromatic rings. The SMILES string of the molecule is Cn1cnc2cccc(-c3cccc4c3ccc3cc(-c5ccc(-c6ccc(-c7ccc8c(ccc9cc(-c%10cccc%11ncsc%10%11)ccc98)c7)c7scnc67)c6ncn(C)c56)ccc34)c21. The Morgan fingerprint density at radius 1 is 0.348 bits per heavy atom. The Labute approximate surface area is 386 Å². The molecule has 0 aliphatic rings. The molecular weight excluding hydrogens is 845 g/mol. The zero-order chi connectivity index (χ0) is 43.6. The van der Waals surface area contributed by atoms with E-state index in [0.29, 0.717) is 0 Å². The highest BCUT2D eigenvalue weighted by Crippen LogP contribution is 2.44. The van der Waals surface area contributed by atoms with Crippen LogP contribution < -0.4 is 0 Å². The van der Waals surface area contributed by atoms with Crippen LogP contribution in [0, 0.1) is 0 Å². The maximum absolute atomic E-state index is 5.04. The Balaban J connectivity index is 0.825. The lowest BCUT2D eigenvalue weighted by molar-refractivity contribution is 0.948. The van der Waals surface area contributed by atoms with Crippen LogP contribution in [0.5, 0.6) is 0 Å². The lowest BCUT2D eigenvalue weighted by atomic mass is 9.91. The minimum Gasteiger partial charge on any atom is -0.333 e.